The van der Waals surface area contributed by atoms with Gasteiger partial charge < -0.3 is 10.2 Å². The first kappa shape index (κ1) is 15.3. The molecular weight excluding hydrogens is 282 g/mol. The Balaban J connectivity index is 1.71. The van der Waals surface area contributed by atoms with Crippen LogP contribution in [0.3, 0.4) is 0 Å². The third kappa shape index (κ3) is 2.38. The van der Waals surface area contributed by atoms with Crippen LogP contribution in [0.15, 0.2) is 0 Å². The van der Waals surface area contributed by atoms with Gasteiger partial charge in [-0.05, 0) is 46.0 Å². The summed E-state index contributed by atoms with van der Waals surface area (Å²) in [5.74, 6) is -0.320. The van der Waals surface area contributed by atoms with Gasteiger partial charge >= 0.3 is 6.03 Å². The molecule has 2 aliphatic heterocycles. The van der Waals surface area contributed by atoms with Crippen LogP contribution in [0.4, 0.5) is 4.79 Å². The molecule has 0 bridgehead atoms. The monoisotopic (exact) mass is 307 g/mol. The van der Waals surface area contributed by atoms with Crippen LogP contribution in [0.5, 0.6) is 0 Å². The molecule has 3 rings (SSSR count). The van der Waals surface area contributed by atoms with Gasteiger partial charge in [0.05, 0.1) is 0 Å². The number of imide groups is 1. The van der Waals surface area contributed by atoms with Gasteiger partial charge in [-0.3, -0.25) is 14.5 Å². The third-order valence-electron chi connectivity index (χ3n) is 5.48. The number of carbonyl (C=O) groups excluding carboxylic acids is 3. The van der Waals surface area contributed by atoms with Crippen molar-refractivity contribution in [2.24, 2.45) is 0 Å². The second kappa shape index (κ2) is 5.56. The van der Waals surface area contributed by atoms with Crippen LogP contribution < -0.4 is 5.32 Å². The molecule has 0 aromatic heterocycles. The van der Waals surface area contributed by atoms with Crippen LogP contribution in [-0.2, 0) is 9.59 Å². The van der Waals surface area contributed by atoms with Crippen molar-refractivity contribution in [2.45, 2.75) is 76.4 Å². The summed E-state index contributed by atoms with van der Waals surface area (Å²) in [7, 11) is 0. The predicted molar refractivity (Wildman–Crippen MR) is 81.1 cm³/mol. The number of carbonyl (C=O) groups is 3. The zero-order valence-corrected chi connectivity index (χ0v) is 13.4. The van der Waals surface area contributed by atoms with E-state index in [2.05, 4.69) is 5.32 Å². The Bertz CT molecular complexity index is 489. The van der Waals surface area contributed by atoms with E-state index in [1.165, 1.54) is 0 Å². The number of nitrogens with zero attached hydrogens (tertiary/aromatic N) is 2. The zero-order valence-electron chi connectivity index (χ0n) is 13.4. The normalized spacial score (nSPS) is 31.0. The van der Waals surface area contributed by atoms with Gasteiger partial charge in [-0.2, -0.15) is 0 Å². The molecule has 122 valence electrons. The maximum absolute atomic E-state index is 12.6. The maximum Gasteiger partial charge on any atom is 0.325 e. The van der Waals surface area contributed by atoms with Crippen LogP contribution in [-0.4, -0.2) is 51.8 Å². The second-order valence-corrected chi connectivity index (χ2v) is 7.04. The first-order valence-corrected chi connectivity index (χ1v) is 8.40. The van der Waals surface area contributed by atoms with E-state index in [1.807, 2.05) is 18.7 Å². The van der Waals surface area contributed by atoms with Crippen LogP contribution in [0, 0.1) is 0 Å². The molecule has 1 aliphatic carbocycles. The molecule has 6 heteroatoms. The SMILES string of the molecule is C[C@@H]1CCC[C@@H](C)N1C(=O)CN1C(=O)NC2(CCCC2)C1=O. The summed E-state index contributed by atoms with van der Waals surface area (Å²) < 4.78 is 0. The van der Waals surface area contributed by atoms with Crippen LogP contribution >= 0.6 is 0 Å². The molecular formula is C16H25N3O3. The summed E-state index contributed by atoms with van der Waals surface area (Å²) in [5, 5.41) is 2.83. The minimum atomic E-state index is -0.726. The quantitative estimate of drug-likeness (QED) is 0.789. The van der Waals surface area contributed by atoms with Crippen molar-refractivity contribution >= 4 is 17.8 Å². The van der Waals surface area contributed by atoms with Crippen molar-refractivity contribution < 1.29 is 14.4 Å². The smallest absolute Gasteiger partial charge is 0.325 e. The van der Waals surface area contributed by atoms with Crippen LogP contribution in [0.2, 0.25) is 0 Å². The Morgan fingerprint density at radius 3 is 2.32 bits per heavy atom. The van der Waals surface area contributed by atoms with Crippen molar-refractivity contribution in [1.29, 1.82) is 0 Å². The van der Waals surface area contributed by atoms with E-state index in [-0.39, 0.29) is 30.4 Å². The molecule has 4 amide bonds. The number of hydrogen-bond acceptors (Lipinski definition) is 3. The lowest BCUT2D eigenvalue weighted by Crippen LogP contribution is -2.52. The van der Waals surface area contributed by atoms with Gasteiger partial charge in [-0.1, -0.05) is 12.8 Å². The summed E-state index contributed by atoms with van der Waals surface area (Å²) in [6.07, 6.45) is 6.39. The lowest BCUT2D eigenvalue weighted by molar-refractivity contribution is -0.142. The zero-order chi connectivity index (χ0) is 15.9. The largest absolute Gasteiger partial charge is 0.336 e. The number of likely N-dealkylation sites (tertiary alicyclic amines) is 1. The molecule has 0 aromatic rings. The van der Waals surface area contributed by atoms with E-state index in [0.717, 1.165) is 37.0 Å². The number of rotatable bonds is 2. The highest BCUT2D eigenvalue weighted by molar-refractivity contribution is 6.09. The number of nitrogens with one attached hydrogen (secondary N) is 1. The summed E-state index contributed by atoms with van der Waals surface area (Å²) in [6, 6.07) is -0.0486. The number of hydrogen-bond donors (Lipinski definition) is 1. The highest BCUT2D eigenvalue weighted by Crippen LogP contribution is 2.35. The van der Waals surface area contributed by atoms with Gasteiger partial charge in [0.25, 0.3) is 5.91 Å². The van der Waals surface area contributed by atoms with E-state index in [1.54, 1.807) is 0 Å². The average molecular weight is 307 g/mol. The lowest BCUT2D eigenvalue weighted by atomic mass is 9.97. The van der Waals surface area contributed by atoms with Crippen molar-refractivity contribution in [3.8, 4) is 0 Å². The van der Waals surface area contributed by atoms with Crippen LogP contribution in [0.25, 0.3) is 0 Å². The summed E-state index contributed by atoms with van der Waals surface area (Å²) >= 11 is 0. The minimum Gasteiger partial charge on any atom is -0.336 e. The number of amides is 4. The molecule has 0 aromatic carbocycles. The van der Waals surface area contributed by atoms with Gasteiger partial charge in [0.1, 0.15) is 12.1 Å². The highest BCUT2D eigenvalue weighted by Gasteiger charge is 2.53. The van der Waals surface area contributed by atoms with Gasteiger partial charge in [0.15, 0.2) is 0 Å². The topological polar surface area (TPSA) is 69.7 Å². The van der Waals surface area contributed by atoms with E-state index in [9.17, 15) is 14.4 Å². The summed E-state index contributed by atoms with van der Waals surface area (Å²) in [4.78, 5) is 40.3. The minimum absolute atomic E-state index is 0.113. The molecule has 0 radical (unpaired) electrons. The standard InChI is InChI=1S/C16H25N3O3/c1-11-6-5-7-12(2)19(11)13(20)10-18-14(21)16(17-15(18)22)8-3-4-9-16/h11-12H,3-10H2,1-2H3,(H,17,22)/t11-,12-/m1/s1. The molecule has 2 atom stereocenters. The fraction of sp³-hybridized carbons (Fsp3) is 0.812. The van der Waals surface area contributed by atoms with E-state index >= 15 is 0 Å². The molecule has 0 unspecified atom stereocenters. The maximum atomic E-state index is 12.6. The molecule has 22 heavy (non-hydrogen) atoms. The van der Waals surface area contributed by atoms with Crippen molar-refractivity contribution in [1.82, 2.24) is 15.1 Å². The second-order valence-electron chi connectivity index (χ2n) is 7.04. The molecule has 2 saturated heterocycles. The average Bonchev–Trinajstić information content (AvgIpc) is 3.00. The van der Waals surface area contributed by atoms with E-state index < -0.39 is 11.6 Å². The van der Waals surface area contributed by atoms with Gasteiger partial charge in [0, 0.05) is 12.1 Å². The van der Waals surface area contributed by atoms with E-state index in [0.29, 0.717) is 12.8 Å². The van der Waals surface area contributed by atoms with Gasteiger partial charge in [0.2, 0.25) is 5.91 Å². The molecule has 1 spiro atoms. The van der Waals surface area contributed by atoms with Crippen LogP contribution in [0.1, 0.15) is 58.8 Å². The molecule has 3 aliphatic rings. The molecule has 2 heterocycles. The summed E-state index contributed by atoms with van der Waals surface area (Å²) in [6.45, 7) is 3.96. The fourth-order valence-corrected chi connectivity index (χ4v) is 4.27. The van der Waals surface area contributed by atoms with Gasteiger partial charge in [-0.15, -0.1) is 0 Å². The Morgan fingerprint density at radius 1 is 1.14 bits per heavy atom. The predicted octanol–water partition coefficient (Wildman–Crippen LogP) is 1.64. The Morgan fingerprint density at radius 2 is 1.73 bits per heavy atom. The van der Waals surface area contributed by atoms with Crippen molar-refractivity contribution in [2.75, 3.05) is 6.54 Å². The number of urea groups is 1. The Labute approximate surface area is 131 Å². The highest BCUT2D eigenvalue weighted by atomic mass is 16.2. The molecule has 6 nitrogen and oxygen atoms in total. The molecule has 1 N–H and O–H groups in total. The number of piperidine rings is 1. The fourth-order valence-electron chi connectivity index (χ4n) is 4.27. The van der Waals surface area contributed by atoms with Crippen molar-refractivity contribution in [3.05, 3.63) is 0 Å². The van der Waals surface area contributed by atoms with E-state index in [4.69, 9.17) is 0 Å². The first-order chi connectivity index (χ1) is 10.4. The third-order valence-corrected chi connectivity index (χ3v) is 5.48. The molecule has 1 saturated carbocycles. The molecule has 3 fully saturated rings. The Hall–Kier alpha value is -1.59. The van der Waals surface area contributed by atoms with Crippen molar-refractivity contribution in [3.63, 3.8) is 0 Å². The first-order valence-electron chi connectivity index (χ1n) is 8.40. The summed E-state index contributed by atoms with van der Waals surface area (Å²) in [5.41, 5.74) is -0.726. The lowest BCUT2D eigenvalue weighted by Gasteiger charge is -2.39. The Kier molecular flexibility index (Phi) is 3.87. The van der Waals surface area contributed by atoms with Gasteiger partial charge in [-0.25, -0.2) is 4.79 Å².